The topological polar surface area (TPSA) is 66.4 Å². The number of fused-ring (bicyclic) bond motifs is 1. The van der Waals surface area contributed by atoms with E-state index >= 15 is 0 Å². The van der Waals surface area contributed by atoms with Crippen LogP contribution in [-0.2, 0) is 18.3 Å². The maximum Gasteiger partial charge on any atom is 0.254 e. The summed E-state index contributed by atoms with van der Waals surface area (Å²) in [6, 6.07) is 22.4. The lowest BCUT2D eigenvalue weighted by molar-refractivity contribution is -0.125. The summed E-state index contributed by atoms with van der Waals surface area (Å²) in [5.41, 5.74) is 4.14. The Balaban J connectivity index is 1.44. The number of benzene rings is 2. The lowest BCUT2D eigenvalue weighted by Gasteiger charge is -2.43. The predicted octanol–water partition coefficient (Wildman–Crippen LogP) is 5.61. The average molecular weight is 541 g/mol. The number of hydrogen-bond acceptors (Lipinski definition) is 3. The smallest absolute Gasteiger partial charge is 0.254 e. The molecular formula is C34H44N4O2. The van der Waals surface area contributed by atoms with Crippen LogP contribution in [0, 0.1) is 5.92 Å². The fourth-order valence-electron chi connectivity index (χ4n) is 6.61. The number of amides is 2. The second-order valence-electron chi connectivity index (χ2n) is 11.9. The molecule has 2 aromatic carbocycles. The van der Waals surface area contributed by atoms with E-state index in [9.17, 15) is 9.59 Å². The van der Waals surface area contributed by atoms with E-state index in [-0.39, 0.29) is 41.8 Å². The van der Waals surface area contributed by atoms with Crippen LogP contribution < -0.4 is 10.6 Å². The second-order valence-corrected chi connectivity index (χ2v) is 11.9. The van der Waals surface area contributed by atoms with E-state index in [0.29, 0.717) is 13.1 Å². The molecule has 2 N–H and O–H groups in total. The first-order chi connectivity index (χ1) is 19.4. The zero-order chi connectivity index (χ0) is 28.1. The van der Waals surface area contributed by atoms with Gasteiger partial charge in [-0.05, 0) is 54.5 Å². The van der Waals surface area contributed by atoms with Crippen molar-refractivity contribution in [1.82, 2.24) is 20.1 Å². The molecule has 0 saturated heterocycles. The molecule has 2 aliphatic rings. The highest BCUT2D eigenvalue weighted by molar-refractivity contribution is 5.97. The Bertz CT molecular complexity index is 1280. The van der Waals surface area contributed by atoms with Gasteiger partial charge in [-0.3, -0.25) is 9.59 Å². The van der Waals surface area contributed by atoms with Crippen LogP contribution in [-0.4, -0.2) is 46.5 Å². The third-order valence-corrected chi connectivity index (χ3v) is 8.80. The normalized spacial score (nSPS) is 20.4. The van der Waals surface area contributed by atoms with Crippen molar-refractivity contribution in [3.63, 3.8) is 0 Å². The van der Waals surface area contributed by atoms with Crippen LogP contribution in [0.3, 0.4) is 0 Å². The largest absolute Gasteiger partial charge is 0.353 e. The van der Waals surface area contributed by atoms with Gasteiger partial charge in [-0.15, -0.1) is 0 Å². The Labute approximate surface area is 239 Å². The molecule has 2 amide bonds. The van der Waals surface area contributed by atoms with Crippen molar-refractivity contribution in [3.8, 4) is 0 Å². The molecule has 0 spiro atoms. The molecular weight excluding hydrogens is 496 g/mol. The van der Waals surface area contributed by atoms with Crippen LogP contribution in [0.5, 0.6) is 0 Å². The first kappa shape index (κ1) is 28.2. The molecule has 0 bridgehead atoms. The van der Waals surface area contributed by atoms with Gasteiger partial charge >= 0.3 is 0 Å². The number of nitrogens with one attached hydrogen (secondary N) is 2. The van der Waals surface area contributed by atoms with Crippen molar-refractivity contribution in [3.05, 3.63) is 95.3 Å². The summed E-state index contributed by atoms with van der Waals surface area (Å²) in [7, 11) is 2.05. The minimum absolute atomic E-state index is 0.00186. The van der Waals surface area contributed by atoms with Crippen molar-refractivity contribution in [1.29, 1.82) is 0 Å². The quantitative estimate of drug-likeness (QED) is 0.351. The highest BCUT2D eigenvalue weighted by atomic mass is 16.2. The molecule has 212 valence electrons. The molecule has 1 saturated carbocycles. The van der Waals surface area contributed by atoms with Crippen LogP contribution in [0.25, 0.3) is 0 Å². The lowest BCUT2D eigenvalue weighted by atomic mass is 9.80. The summed E-state index contributed by atoms with van der Waals surface area (Å²) in [5, 5.41) is 7.02. The molecule has 6 nitrogen and oxygen atoms in total. The SMILES string of the molecule is CC(C)[C@H](NC[C@@H]1c2ccccc2C(=O)N(CCc2ccccc2)[C@@H]1c1cccn1C)C(=O)NC1CCCCC1. The van der Waals surface area contributed by atoms with E-state index in [1.54, 1.807) is 0 Å². The van der Waals surface area contributed by atoms with Crippen LogP contribution in [0.4, 0.5) is 0 Å². The molecule has 1 aliphatic carbocycles. The lowest BCUT2D eigenvalue weighted by Crippen LogP contribution is -2.53. The van der Waals surface area contributed by atoms with Gasteiger partial charge in [0.2, 0.25) is 5.91 Å². The van der Waals surface area contributed by atoms with E-state index in [0.717, 1.165) is 36.1 Å². The Kier molecular flexibility index (Phi) is 9.05. The molecule has 5 rings (SSSR count). The summed E-state index contributed by atoms with van der Waals surface area (Å²) in [4.78, 5) is 29.5. The Morgan fingerprint density at radius 1 is 0.950 bits per heavy atom. The minimum Gasteiger partial charge on any atom is -0.353 e. The molecule has 2 heterocycles. The van der Waals surface area contributed by atoms with Gasteiger partial charge in [0.1, 0.15) is 0 Å². The van der Waals surface area contributed by atoms with E-state index < -0.39 is 0 Å². The Morgan fingerprint density at radius 2 is 1.68 bits per heavy atom. The van der Waals surface area contributed by atoms with Crippen molar-refractivity contribution in [2.24, 2.45) is 13.0 Å². The monoisotopic (exact) mass is 540 g/mol. The van der Waals surface area contributed by atoms with Gasteiger partial charge < -0.3 is 20.1 Å². The first-order valence-corrected chi connectivity index (χ1v) is 15.0. The van der Waals surface area contributed by atoms with Gasteiger partial charge in [-0.1, -0.05) is 81.6 Å². The number of nitrogens with zero attached hydrogens (tertiary/aromatic N) is 2. The van der Waals surface area contributed by atoms with Crippen molar-refractivity contribution >= 4 is 11.8 Å². The first-order valence-electron chi connectivity index (χ1n) is 15.0. The summed E-state index contributed by atoms with van der Waals surface area (Å²) in [5.74, 6) is 0.316. The van der Waals surface area contributed by atoms with E-state index in [1.807, 2.05) is 24.3 Å². The van der Waals surface area contributed by atoms with Gasteiger partial charge in [0.25, 0.3) is 5.91 Å². The summed E-state index contributed by atoms with van der Waals surface area (Å²) in [6.45, 7) is 5.44. The van der Waals surface area contributed by atoms with Crippen molar-refractivity contribution in [2.45, 2.75) is 76.4 Å². The summed E-state index contributed by atoms with van der Waals surface area (Å²) < 4.78 is 2.13. The molecule has 6 heteroatoms. The molecule has 1 aliphatic heterocycles. The molecule has 3 atom stereocenters. The molecule has 40 heavy (non-hydrogen) atoms. The van der Waals surface area contributed by atoms with Gasteiger partial charge in [0.05, 0.1) is 12.1 Å². The highest BCUT2D eigenvalue weighted by Crippen LogP contribution is 2.42. The Hall–Kier alpha value is -3.38. The fourth-order valence-corrected chi connectivity index (χ4v) is 6.61. The van der Waals surface area contributed by atoms with Crippen LogP contribution >= 0.6 is 0 Å². The number of hydrogen-bond donors (Lipinski definition) is 2. The summed E-state index contributed by atoms with van der Waals surface area (Å²) in [6.07, 6.45) is 8.62. The maximum atomic E-state index is 14.0. The standard InChI is InChI=1S/C34H44N4O2/c1-24(2)31(33(39)36-26-15-8-5-9-16-26)35-23-29-27-17-10-11-18-28(27)34(40)38(22-20-25-13-6-4-7-14-25)32(29)30-19-12-21-37(30)3/h4,6-7,10-14,17-19,21,24,26,29,31-32,35H,5,8-9,15-16,20,22-23H2,1-3H3,(H,36,39)/t29-,31+,32+/m1/s1. The second kappa shape index (κ2) is 12.9. The fraction of sp³-hybridized carbons (Fsp3) is 0.471. The summed E-state index contributed by atoms with van der Waals surface area (Å²) >= 11 is 0. The van der Waals surface area contributed by atoms with Crippen molar-refractivity contribution < 1.29 is 9.59 Å². The minimum atomic E-state index is -0.293. The van der Waals surface area contributed by atoms with E-state index in [4.69, 9.17) is 0 Å². The number of aromatic nitrogens is 1. The van der Waals surface area contributed by atoms with Gasteiger partial charge in [-0.25, -0.2) is 0 Å². The molecule has 0 radical (unpaired) electrons. The molecule has 1 fully saturated rings. The molecule has 1 aromatic heterocycles. The van der Waals surface area contributed by atoms with Crippen LogP contribution in [0.2, 0.25) is 0 Å². The zero-order valence-electron chi connectivity index (χ0n) is 24.2. The van der Waals surface area contributed by atoms with Gasteiger partial charge in [0, 0.05) is 49.6 Å². The number of rotatable bonds is 10. The Morgan fingerprint density at radius 3 is 2.38 bits per heavy atom. The van der Waals surface area contributed by atoms with Gasteiger partial charge in [0.15, 0.2) is 0 Å². The maximum absolute atomic E-state index is 14.0. The number of aryl methyl sites for hydroxylation is 1. The molecule has 0 unspecified atom stereocenters. The third kappa shape index (κ3) is 6.17. The van der Waals surface area contributed by atoms with Crippen LogP contribution in [0.1, 0.15) is 85.1 Å². The molecule has 3 aromatic rings. The van der Waals surface area contributed by atoms with Gasteiger partial charge in [-0.2, -0.15) is 0 Å². The number of carbonyl (C=O) groups is 2. The average Bonchev–Trinajstić information content (AvgIpc) is 3.39. The van der Waals surface area contributed by atoms with E-state index in [1.165, 1.54) is 24.8 Å². The highest BCUT2D eigenvalue weighted by Gasteiger charge is 2.41. The van der Waals surface area contributed by atoms with Crippen molar-refractivity contribution in [2.75, 3.05) is 13.1 Å². The van der Waals surface area contributed by atoms with E-state index in [2.05, 4.69) is 89.7 Å². The zero-order valence-corrected chi connectivity index (χ0v) is 24.2. The number of carbonyl (C=O) groups excluding carboxylic acids is 2. The van der Waals surface area contributed by atoms with Crippen LogP contribution in [0.15, 0.2) is 72.9 Å². The predicted molar refractivity (Wildman–Crippen MR) is 160 cm³/mol. The third-order valence-electron chi connectivity index (χ3n) is 8.80.